The zero-order chi connectivity index (χ0) is 41.5. The zero-order valence-corrected chi connectivity index (χ0v) is 35.9. The minimum absolute atomic E-state index is 0.000895. The number of aliphatic carboxylic acids is 1. The summed E-state index contributed by atoms with van der Waals surface area (Å²) in [5, 5.41) is 35.8. The molecule has 0 aromatic carbocycles. The van der Waals surface area contributed by atoms with Gasteiger partial charge in [-0.3, -0.25) is 14.4 Å². The molecule has 0 aromatic rings. The Morgan fingerprint density at radius 3 is 2.16 bits per heavy atom. The van der Waals surface area contributed by atoms with Crippen molar-refractivity contribution in [1.82, 2.24) is 5.32 Å². The number of carboxylic acid groups (broad SMARTS) is 1. The molecule has 2 spiro atoms. The molecule has 56 heavy (non-hydrogen) atoms. The first kappa shape index (κ1) is 45.2. The molecule has 0 aromatic heterocycles. The number of rotatable bonds is 13. The van der Waals surface area contributed by atoms with Crippen LogP contribution in [0.2, 0.25) is 0 Å². The van der Waals surface area contributed by atoms with E-state index < -0.39 is 76.8 Å². The molecule has 0 radical (unpaired) electrons. The number of aliphatic hydroxyl groups is 2. The number of nitrogens with one attached hydrogen (secondary N) is 1. The monoisotopic (exact) mass is 792 g/mol. The minimum Gasteiger partial charge on any atom is -0.481 e. The van der Waals surface area contributed by atoms with Crippen molar-refractivity contribution in [3.63, 3.8) is 0 Å². The topological polar surface area (TPSA) is 170 Å². The highest BCUT2D eigenvalue weighted by molar-refractivity contribution is 5.84. The third-order valence-electron chi connectivity index (χ3n) is 14.8. The third kappa shape index (κ3) is 8.54. The highest BCUT2D eigenvalue weighted by Gasteiger charge is 2.63. The van der Waals surface area contributed by atoms with Gasteiger partial charge in [0.1, 0.15) is 11.8 Å². The van der Waals surface area contributed by atoms with Crippen LogP contribution in [0.5, 0.6) is 0 Å². The maximum atomic E-state index is 14.5. The second-order valence-corrected chi connectivity index (χ2v) is 18.6. The van der Waals surface area contributed by atoms with Gasteiger partial charge in [-0.25, -0.2) is 0 Å². The van der Waals surface area contributed by atoms with Crippen LogP contribution in [-0.2, 0) is 38.1 Å². The molecule has 4 saturated heterocycles. The lowest BCUT2D eigenvalue weighted by Crippen LogP contribution is -2.65. The summed E-state index contributed by atoms with van der Waals surface area (Å²) in [5.74, 6) is -5.98. The van der Waals surface area contributed by atoms with Gasteiger partial charge in [0.2, 0.25) is 5.91 Å². The quantitative estimate of drug-likeness (QED) is 0.154. The molecule has 12 nitrogen and oxygen atoms in total. The summed E-state index contributed by atoms with van der Waals surface area (Å²) in [7, 11) is 0. The number of ether oxygens (including phenoxy) is 5. The summed E-state index contributed by atoms with van der Waals surface area (Å²) in [6.07, 6.45) is 6.79. The van der Waals surface area contributed by atoms with E-state index in [4.69, 9.17) is 23.7 Å². The first-order chi connectivity index (χ1) is 26.2. The molecule has 5 heterocycles. The Bertz CT molecular complexity index is 1440. The number of aliphatic hydroxyl groups excluding tert-OH is 1. The van der Waals surface area contributed by atoms with E-state index in [0.29, 0.717) is 57.8 Å². The van der Waals surface area contributed by atoms with E-state index in [9.17, 15) is 29.7 Å². The first-order valence-electron chi connectivity index (χ1n) is 21.7. The van der Waals surface area contributed by atoms with Gasteiger partial charge in [0.15, 0.2) is 11.6 Å². The molecule has 1 amide bonds. The molecule has 18 atom stereocenters. The highest BCUT2D eigenvalue weighted by atomic mass is 16.8. The van der Waals surface area contributed by atoms with Crippen LogP contribution >= 0.6 is 0 Å². The van der Waals surface area contributed by atoms with Crippen molar-refractivity contribution < 1.29 is 53.4 Å². The number of carbonyl (C=O) groups excluding carboxylic acids is 2. The molecule has 4 fully saturated rings. The van der Waals surface area contributed by atoms with Crippen LogP contribution < -0.4 is 5.32 Å². The molecule has 5 aliphatic heterocycles. The van der Waals surface area contributed by atoms with Crippen LogP contribution in [-0.4, -0.2) is 98.4 Å². The fraction of sp³-hybridized carbons (Fsp3) is 0.886. The van der Waals surface area contributed by atoms with Crippen LogP contribution in [0.4, 0.5) is 0 Å². The van der Waals surface area contributed by atoms with E-state index in [2.05, 4.69) is 26.1 Å². The van der Waals surface area contributed by atoms with Crippen LogP contribution in [0.25, 0.3) is 0 Å². The first-order valence-corrected chi connectivity index (χ1v) is 21.7. The zero-order valence-electron chi connectivity index (χ0n) is 35.9. The summed E-state index contributed by atoms with van der Waals surface area (Å²) in [4.78, 5) is 39.0. The predicted octanol–water partition coefficient (Wildman–Crippen LogP) is 6.33. The number of ketones is 1. The predicted molar refractivity (Wildman–Crippen MR) is 210 cm³/mol. The molecule has 320 valence electrons. The van der Waals surface area contributed by atoms with E-state index >= 15 is 0 Å². The van der Waals surface area contributed by atoms with Crippen LogP contribution in [0.1, 0.15) is 140 Å². The van der Waals surface area contributed by atoms with Crippen molar-refractivity contribution >= 4 is 17.7 Å². The van der Waals surface area contributed by atoms with E-state index in [1.54, 1.807) is 6.92 Å². The van der Waals surface area contributed by atoms with Crippen molar-refractivity contribution in [3.05, 3.63) is 12.2 Å². The SMILES string of the molecule is CCC(C(=O)[C@@H](C)[C@@H](O)[C@H](C)[C@@H]1O[C@@H](C(CC)C(=O)O)CC[C@@H]1C)[C@H]1O[C@]2(C=CC(NC(C)=O)[C@]3(CC[C@@](C)([C@H]4CCC(O)(CC)[C@H](C)O4)O3)O2)[C@H](C)C[C@@H]1C. The van der Waals surface area contributed by atoms with E-state index in [1.807, 2.05) is 53.7 Å². The van der Waals surface area contributed by atoms with Gasteiger partial charge in [-0.1, -0.05) is 61.5 Å². The number of carbonyl (C=O) groups is 3. The van der Waals surface area contributed by atoms with Gasteiger partial charge in [0, 0.05) is 37.0 Å². The standard InChI is InChI=1S/C44H73NO11/c1-12-31(40(49)50)33-16-15-24(4)38(53-33)28(8)36(47)27(7)37(48)32(13-2)39-25(5)23-26(6)43(54-39)20-17-34(45-30(10)46)44(56-43)22-21-41(11,55-44)35-18-19-42(51,14-3)29(9)52-35/h17,20,24-29,31-36,38-39,47,51H,12-16,18-19,21-23H2,1-11H3,(H,45,46)(H,49,50)/t24-,25-,26+,27-,28-,29-,31?,32?,33+,34?,35+,36+,38+,39-,41-,42?,43-,44-/m0/s1. The van der Waals surface area contributed by atoms with Gasteiger partial charge in [-0.05, 0) is 89.5 Å². The van der Waals surface area contributed by atoms with Crippen molar-refractivity contribution in [2.45, 2.75) is 206 Å². The van der Waals surface area contributed by atoms with Gasteiger partial charge in [-0.2, -0.15) is 0 Å². The van der Waals surface area contributed by atoms with Crippen molar-refractivity contribution in [2.75, 3.05) is 0 Å². The van der Waals surface area contributed by atoms with Gasteiger partial charge in [0.05, 0.1) is 53.7 Å². The van der Waals surface area contributed by atoms with Crippen molar-refractivity contribution in [1.29, 1.82) is 0 Å². The average molecular weight is 792 g/mol. The van der Waals surface area contributed by atoms with Crippen molar-refractivity contribution in [2.24, 2.45) is 41.4 Å². The molecule has 4 unspecified atom stereocenters. The lowest BCUT2D eigenvalue weighted by Gasteiger charge is -2.55. The molecule has 0 saturated carbocycles. The summed E-state index contributed by atoms with van der Waals surface area (Å²) in [6.45, 7) is 21.1. The van der Waals surface area contributed by atoms with Gasteiger partial charge in [-0.15, -0.1) is 0 Å². The molecule has 4 N–H and O–H groups in total. The molecular formula is C44H73NO11. The fourth-order valence-electron chi connectivity index (χ4n) is 10.9. The third-order valence-corrected chi connectivity index (χ3v) is 14.8. The van der Waals surface area contributed by atoms with Gasteiger partial charge >= 0.3 is 5.97 Å². The maximum absolute atomic E-state index is 14.5. The average Bonchev–Trinajstić information content (AvgIpc) is 3.49. The Labute approximate surface area is 335 Å². The van der Waals surface area contributed by atoms with Gasteiger partial charge in [0.25, 0.3) is 0 Å². The van der Waals surface area contributed by atoms with E-state index in [-0.39, 0.29) is 47.8 Å². The number of Topliss-reactive ketones (excluding diaryl/α,β-unsaturated/α-hetero) is 1. The maximum Gasteiger partial charge on any atom is 0.309 e. The second kappa shape index (κ2) is 17.3. The molecule has 0 aliphatic carbocycles. The van der Waals surface area contributed by atoms with Crippen molar-refractivity contribution in [3.8, 4) is 0 Å². The Kier molecular flexibility index (Phi) is 14.0. The largest absolute Gasteiger partial charge is 0.481 e. The summed E-state index contributed by atoms with van der Waals surface area (Å²) < 4.78 is 34.1. The van der Waals surface area contributed by atoms with E-state index in [1.165, 1.54) is 6.92 Å². The van der Waals surface area contributed by atoms with Gasteiger partial charge < -0.3 is 44.3 Å². The Balaban J connectivity index is 1.36. The number of hydrogen-bond acceptors (Lipinski definition) is 10. The van der Waals surface area contributed by atoms with Crippen LogP contribution in [0.3, 0.4) is 0 Å². The molecule has 5 rings (SSSR count). The number of amides is 1. The van der Waals surface area contributed by atoms with Crippen LogP contribution in [0, 0.1) is 41.4 Å². The fourth-order valence-corrected chi connectivity index (χ4v) is 10.9. The second-order valence-electron chi connectivity index (χ2n) is 18.6. The summed E-state index contributed by atoms with van der Waals surface area (Å²) >= 11 is 0. The lowest BCUT2D eigenvalue weighted by atomic mass is 9.72. The number of hydrogen-bond donors (Lipinski definition) is 4. The Morgan fingerprint density at radius 2 is 1.57 bits per heavy atom. The lowest BCUT2D eigenvalue weighted by molar-refractivity contribution is -0.398. The summed E-state index contributed by atoms with van der Waals surface area (Å²) in [6, 6.07) is -0.595. The highest BCUT2D eigenvalue weighted by Crippen LogP contribution is 2.54. The molecule has 12 heteroatoms. The number of carboxylic acids is 1. The van der Waals surface area contributed by atoms with E-state index in [0.717, 1.165) is 6.42 Å². The molecule has 0 bridgehead atoms. The smallest absolute Gasteiger partial charge is 0.309 e. The summed E-state index contributed by atoms with van der Waals surface area (Å²) in [5.41, 5.74) is -1.65. The minimum atomic E-state index is -1.27. The molecule has 5 aliphatic rings. The Hall–Kier alpha value is -1.93. The molecular weight excluding hydrogens is 718 g/mol. The van der Waals surface area contributed by atoms with Crippen LogP contribution in [0.15, 0.2) is 12.2 Å². The normalized spacial score (nSPS) is 44.2. The Morgan fingerprint density at radius 1 is 0.893 bits per heavy atom.